The van der Waals surface area contributed by atoms with Gasteiger partial charge < -0.3 is 8.83 Å². The second-order valence-electron chi connectivity index (χ2n) is 7.22. The molecule has 1 aliphatic rings. The summed E-state index contributed by atoms with van der Waals surface area (Å²) in [6.07, 6.45) is 5.51. The van der Waals surface area contributed by atoms with Gasteiger partial charge in [-0.1, -0.05) is 30.0 Å². The van der Waals surface area contributed by atoms with E-state index in [1.54, 1.807) is 35.3 Å². The third-order valence-electron chi connectivity index (χ3n) is 5.17. The molecule has 0 N–H and O–H groups in total. The van der Waals surface area contributed by atoms with Gasteiger partial charge >= 0.3 is 0 Å². The van der Waals surface area contributed by atoms with Crippen LogP contribution in [0.25, 0.3) is 16.7 Å². The maximum atomic E-state index is 13.1. The molecule has 6 rings (SSSR count). The third-order valence-corrected chi connectivity index (χ3v) is 5.99. The van der Waals surface area contributed by atoms with Crippen molar-refractivity contribution in [3.05, 3.63) is 78.7 Å². The maximum absolute atomic E-state index is 13.1. The highest BCUT2D eigenvalue weighted by Crippen LogP contribution is 2.35. The molecule has 0 fully saturated rings. The second kappa shape index (κ2) is 7.65. The molecule has 0 bridgehead atoms. The minimum Gasteiger partial charge on any atom is -0.467 e. The Kier molecular flexibility index (Phi) is 4.50. The van der Waals surface area contributed by atoms with E-state index in [9.17, 15) is 4.79 Å². The quantitative estimate of drug-likeness (QED) is 0.378. The van der Waals surface area contributed by atoms with Gasteiger partial charge in [-0.25, -0.2) is 14.5 Å². The van der Waals surface area contributed by atoms with E-state index in [-0.39, 0.29) is 17.7 Å². The Bertz CT molecular complexity index is 1390. The van der Waals surface area contributed by atoms with Crippen molar-refractivity contribution < 1.29 is 13.6 Å². The lowest BCUT2D eigenvalue weighted by Crippen LogP contribution is -2.28. The molecule has 5 aromatic rings. The fourth-order valence-corrected chi connectivity index (χ4v) is 4.36. The van der Waals surface area contributed by atoms with Gasteiger partial charge in [0.2, 0.25) is 5.16 Å². The van der Waals surface area contributed by atoms with Crippen molar-refractivity contribution in [2.75, 3.05) is 5.75 Å². The minimum atomic E-state index is -0.336. The number of benzene rings is 1. The maximum Gasteiger partial charge on any atom is 0.253 e. The largest absolute Gasteiger partial charge is 0.467 e. The number of furan rings is 2. The van der Waals surface area contributed by atoms with E-state index >= 15 is 0 Å². The van der Waals surface area contributed by atoms with E-state index < -0.39 is 0 Å². The van der Waals surface area contributed by atoms with Crippen LogP contribution in [0, 0.1) is 0 Å². The number of amides is 1. The monoisotopic (exact) mass is 444 g/mol. The van der Waals surface area contributed by atoms with Gasteiger partial charge in [-0.3, -0.25) is 4.79 Å². The van der Waals surface area contributed by atoms with Crippen molar-refractivity contribution in [3.8, 4) is 0 Å². The first kappa shape index (κ1) is 18.8. The molecule has 1 amide bonds. The number of nitrogens with zero attached hydrogens (tertiary/aromatic N) is 6. The van der Waals surface area contributed by atoms with Crippen LogP contribution in [0.15, 0.2) is 86.3 Å². The van der Waals surface area contributed by atoms with Gasteiger partial charge in [0.25, 0.3) is 11.7 Å². The fourth-order valence-electron chi connectivity index (χ4n) is 3.68. The summed E-state index contributed by atoms with van der Waals surface area (Å²) in [5.74, 6) is 1.77. The number of para-hydroxylation sites is 1. The van der Waals surface area contributed by atoms with Crippen LogP contribution in [-0.2, 0) is 4.79 Å². The van der Waals surface area contributed by atoms with Gasteiger partial charge in [-0.05, 0) is 30.3 Å². The Morgan fingerprint density at radius 3 is 2.97 bits per heavy atom. The highest BCUT2D eigenvalue weighted by molar-refractivity contribution is 7.99. The van der Waals surface area contributed by atoms with Crippen molar-refractivity contribution in [1.29, 1.82) is 0 Å². The van der Waals surface area contributed by atoms with Gasteiger partial charge in [0.15, 0.2) is 5.76 Å². The third kappa shape index (κ3) is 3.34. The predicted molar refractivity (Wildman–Crippen MR) is 117 cm³/mol. The summed E-state index contributed by atoms with van der Waals surface area (Å²) in [6, 6.07) is 14.8. The smallest absolute Gasteiger partial charge is 0.253 e. The Morgan fingerprint density at radius 1 is 1.19 bits per heavy atom. The lowest BCUT2D eigenvalue weighted by atomic mass is 10.1. The number of hydrogen-bond donors (Lipinski definition) is 0. The Morgan fingerprint density at radius 2 is 2.12 bits per heavy atom. The number of rotatable bonds is 5. The van der Waals surface area contributed by atoms with Crippen molar-refractivity contribution in [2.24, 2.45) is 5.10 Å². The van der Waals surface area contributed by atoms with Crippen molar-refractivity contribution in [1.82, 2.24) is 24.6 Å². The SMILES string of the molecule is O=C(CSc1nc2ncccn2n1)N1N=C(c2cc3ccccc3o2)CC1c1ccco1. The molecule has 1 unspecified atom stereocenters. The van der Waals surface area contributed by atoms with Crippen LogP contribution in [0.3, 0.4) is 0 Å². The normalized spacial score (nSPS) is 16.2. The molecule has 5 heterocycles. The molecule has 4 aromatic heterocycles. The predicted octanol–water partition coefficient (Wildman–Crippen LogP) is 3.93. The van der Waals surface area contributed by atoms with E-state index in [2.05, 4.69) is 20.2 Å². The van der Waals surface area contributed by atoms with Crippen LogP contribution in [0.4, 0.5) is 0 Å². The summed E-state index contributed by atoms with van der Waals surface area (Å²) >= 11 is 1.24. The van der Waals surface area contributed by atoms with Gasteiger partial charge in [-0.15, -0.1) is 5.10 Å². The Labute approximate surface area is 185 Å². The summed E-state index contributed by atoms with van der Waals surface area (Å²) < 4.78 is 13.2. The first-order chi connectivity index (χ1) is 15.7. The molecule has 0 spiro atoms. The van der Waals surface area contributed by atoms with Gasteiger partial charge in [0.05, 0.1) is 12.0 Å². The summed E-state index contributed by atoms with van der Waals surface area (Å²) in [6.45, 7) is 0. The number of fused-ring (bicyclic) bond motifs is 2. The fraction of sp³-hybridized carbons (Fsp3) is 0.136. The van der Waals surface area contributed by atoms with Crippen LogP contribution in [0.5, 0.6) is 0 Å². The molecule has 0 radical (unpaired) electrons. The standard InChI is InChI=1S/C22H16N6O3S/c29-20(13-32-22-24-21-23-8-4-9-27(21)26-22)28-16(18-7-3-10-30-18)12-15(25-28)19-11-14-5-1-2-6-17(14)31-19/h1-11,16H,12-13H2. The summed E-state index contributed by atoms with van der Waals surface area (Å²) in [7, 11) is 0. The molecule has 32 heavy (non-hydrogen) atoms. The number of hydrogen-bond acceptors (Lipinski definition) is 8. The molecule has 0 saturated heterocycles. The number of carbonyl (C=O) groups excluding carboxylic acids is 1. The zero-order chi connectivity index (χ0) is 21.5. The van der Waals surface area contributed by atoms with E-state index in [1.807, 2.05) is 36.4 Å². The highest BCUT2D eigenvalue weighted by Gasteiger charge is 2.36. The molecule has 0 saturated carbocycles. The number of carbonyl (C=O) groups is 1. The zero-order valence-electron chi connectivity index (χ0n) is 16.7. The molecule has 10 heteroatoms. The number of hydrazone groups is 1. The average Bonchev–Trinajstić information content (AvgIpc) is 3.60. The van der Waals surface area contributed by atoms with Crippen LogP contribution < -0.4 is 0 Å². The second-order valence-corrected chi connectivity index (χ2v) is 8.16. The Balaban J connectivity index is 1.26. The van der Waals surface area contributed by atoms with Crippen LogP contribution in [0.1, 0.15) is 24.0 Å². The first-order valence-electron chi connectivity index (χ1n) is 9.97. The zero-order valence-corrected chi connectivity index (χ0v) is 17.5. The number of aromatic nitrogens is 4. The summed E-state index contributed by atoms with van der Waals surface area (Å²) in [5, 5.41) is 11.9. The van der Waals surface area contributed by atoms with E-state index in [4.69, 9.17) is 8.83 Å². The summed E-state index contributed by atoms with van der Waals surface area (Å²) in [5.41, 5.74) is 1.49. The summed E-state index contributed by atoms with van der Waals surface area (Å²) in [4.78, 5) is 21.6. The van der Waals surface area contributed by atoms with Crippen molar-refractivity contribution in [2.45, 2.75) is 17.6 Å². The average molecular weight is 444 g/mol. The minimum absolute atomic E-state index is 0.130. The first-order valence-corrected chi connectivity index (χ1v) is 11.0. The van der Waals surface area contributed by atoms with Gasteiger partial charge in [0, 0.05) is 24.2 Å². The van der Waals surface area contributed by atoms with Crippen molar-refractivity contribution >= 4 is 40.1 Å². The molecule has 0 aliphatic carbocycles. The van der Waals surface area contributed by atoms with Crippen LogP contribution in [-0.4, -0.2) is 42.0 Å². The topological polar surface area (TPSA) is 102 Å². The van der Waals surface area contributed by atoms with E-state index in [0.717, 1.165) is 11.0 Å². The molecular weight excluding hydrogens is 428 g/mol. The van der Waals surface area contributed by atoms with Gasteiger partial charge in [0.1, 0.15) is 23.1 Å². The molecule has 1 atom stereocenters. The highest BCUT2D eigenvalue weighted by atomic mass is 32.2. The molecular formula is C22H16N6O3S. The lowest BCUT2D eigenvalue weighted by Gasteiger charge is -2.19. The van der Waals surface area contributed by atoms with Gasteiger partial charge in [-0.2, -0.15) is 10.1 Å². The van der Waals surface area contributed by atoms with Crippen LogP contribution in [0.2, 0.25) is 0 Å². The molecule has 1 aromatic carbocycles. The van der Waals surface area contributed by atoms with Crippen molar-refractivity contribution in [3.63, 3.8) is 0 Å². The molecule has 9 nitrogen and oxygen atoms in total. The van der Waals surface area contributed by atoms with E-state index in [1.165, 1.54) is 16.8 Å². The van der Waals surface area contributed by atoms with Crippen LogP contribution >= 0.6 is 11.8 Å². The Hall–Kier alpha value is -3.92. The molecule has 1 aliphatic heterocycles. The molecule has 158 valence electrons. The number of thioether (sulfide) groups is 1. The van der Waals surface area contributed by atoms with E-state index in [0.29, 0.717) is 34.6 Å². The lowest BCUT2D eigenvalue weighted by molar-refractivity contribution is -0.130.